The molecule has 1 aromatic rings. The predicted molar refractivity (Wildman–Crippen MR) is 72.8 cm³/mol. The molecule has 1 amide bonds. The van der Waals surface area contributed by atoms with Gasteiger partial charge in [0.05, 0.1) is 6.26 Å². The van der Waals surface area contributed by atoms with E-state index in [0.717, 1.165) is 6.26 Å². The van der Waals surface area contributed by atoms with E-state index in [4.69, 9.17) is 0 Å². The van der Waals surface area contributed by atoms with Crippen LogP contribution in [-0.2, 0) is 21.4 Å². The molecule has 0 aliphatic carbocycles. The number of carbonyl (C=O) groups is 1. The van der Waals surface area contributed by atoms with Gasteiger partial charge in [-0.25, -0.2) is 12.8 Å². The van der Waals surface area contributed by atoms with Crippen LogP contribution in [0.4, 0.5) is 4.39 Å². The topological polar surface area (TPSA) is 66.5 Å². The fourth-order valence-electron chi connectivity index (χ4n) is 2.35. The number of benzene rings is 1. The van der Waals surface area contributed by atoms with E-state index in [0.29, 0.717) is 24.9 Å². The molecule has 0 spiro atoms. The summed E-state index contributed by atoms with van der Waals surface area (Å²) in [4.78, 5) is 12.0. The van der Waals surface area contributed by atoms with E-state index in [1.165, 1.54) is 16.4 Å². The molecule has 110 valence electrons. The van der Waals surface area contributed by atoms with Gasteiger partial charge in [-0.3, -0.25) is 4.79 Å². The van der Waals surface area contributed by atoms with Crippen molar-refractivity contribution in [2.45, 2.75) is 25.4 Å². The molecule has 1 N–H and O–H groups in total. The minimum atomic E-state index is -3.37. The number of carbonyl (C=O) groups excluding carboxylic acids is 1. The molecular formula is C13H17FN2O3S. The molecule has 1 unspecified atom stereocenters. The van der Waals surface area contributed by atoms with Crippen molar-refractivity contribution < 1.29 is 17.6 Å². The molecule has 2 rings (SSSR count). The summed E-state index contributed by atoms with van der Waals surface area (Å²) in [6.07, 6.45) is 2.29. The zero-order valence-corrected chi connectivity index (χ0v) is 12.0. The van der Waals surface area contributed by atoms with Gasteiger partial charge in [0.25, 0.3) is 0 Å². The minimum absolute atomic E-state index is 0.185. The zero-order chi connectivity index (χ0) is 14.8. The number of nitrogens with one attached hydrogen (secondary N) is 1. The number of hydrogen-bond donors (Lipinski definition) is 1. The molecule has 1 aliphatic rings. The Bertz CT molecular complexity index is 603. The van der Waals surface area contributed by atoms with E-state index >= 15 is 0 Å². The van der Waals surface area contributed by atoms with Crippen LogP contribution in [0, 0.1) is 5.82 Å². The van der Waals surface area contributed by atoms with Crippen molar-refractivity contribution in [2.75, 3.05) is 12.8 Å². The van der Waals surface area contributed by atoms with Crippen LogP contribution in [0.15, 0.2) is 24.3 Å². The highest BCUT2D eigenvalue weighted by molar-refractivity contribution is 7.88. The fourth-order valence-corrected chi connectivity index (χ4v) is 3.48. The third-order valence-corrected chi connectivity index (χ3v) is 4.58. The van der Waals surface area contributed by atoms with Crippen LogP contribution in [0.2, 0.25) is 0 Å². The van der Waals surface area contributed by atoms with E-state index in [9.17, 15) is 17.6 Å². The van der Waals surface area contributed by atoms with Gasteiger partial charge in [-0.05, 0) is 30.5 Å². The van der Waals surface area contributed by atoms with Crippen molar-refractivity contribution in [1.29, 1.82) is 0 Å². The summed E-state index contributed by atoms with van der Waals surface area (Å²) in [6, 6.07) is 5.27. The van der Waals surface area contributed by atoms with Gasteiger partial charge in [-0.1, -0.05) is 12.1 Å². The van der Waals surface area contributed by atoms with Crippen LogP contribution >= 0.6 is 0 Å². The Labute approximate surface area is 117 Å². The first-order valence-corrected chi connectivity index (χ1v) is 8.22. The van der Waals surface area contributed by atoms with Gasteiger partial charge >= 0.3 is 0 Å². The molecule has 0 aromatic heterocycles. The Morgan fingerprint density at radius 2 is 2.25 bits per heavy atom. The molecule has 1 saturated heterocycles. The lowest BCUT2D eigenvalue weighted by molar-refractivity contribution is -0.124. The smallest absolute Gasteiger partial charge is 0.238 e. The molecule has 0 bridgehead atoms. The first-order chi connectivity index (χ1) is 9.38. The lowest BCUT2D eigenvalue weighted by Gasteiger charge is -2.21. The maximum absolute atomic E-state index is 13.0. The minimum Gasteiger partial charge on any atom is -0.351 e. The van der Waals surface area contributed by atoms with E-state index in [-0.39, 0.29) is 18.3 Å². The van der Waals surface area contributed by atoms with Crippen molar-refractivity contribution in [1.82, 2.24) is 9.62 Å². The number of nitrogens with zero attached hydrogens (tertiary/aromatic N) is 1. The lowest BCUT2D eigenvalue weighted by atomic mass is 10.2. The van der Waals surface area contributed by atoms with Crippen LogP contribution < -0.4 is 5.32 Å². The number of rotatable bonds is 4. The number of halogens is 1. The maximum Gasteiger partial charge on any atom is 0.238 e. The van der Waals surface area contributed by atoms with E-state index < -0.39 is 16.1 Å². The first kappa shape index (κ1) is 14.9. The van der Waals surface area contributed by atoms with Crippen molar-refractivity contribution in [2.24, 2.45) is 0 Å². The monoisotopic (exact) mass is 300 g/mol. The normalized spacial score (nSPS) is 20.0. The van der Waals surface area contributed by atoms with Crippen molar-refractivity contribution >= 4 is 15.9 Å². The van der Waals surface area contributed by atoms with Gasteiger partial charge in [0.1, 0.15) is 11.9 Å². The molecular weight excluding hydrogens is 283 g/mol. The highest BCUT2D eigenvalue weighted by atomic mass is 32.2. The molecule has 0 saturated carbocycles. The summed E-state index contributed by atoms with van der Waals surface area (Å²) < 4.78 is 37.4. The van der Waals surface area contributed by atoms with E-state index in [1.807, 2.05) is 0 Å². The molecule has 1 atom stereocenters. The predicted octanol–water partition coefficient (Wildman–Crippen LogP) is 0.866. The number of sulfonamides is 1. The average Bonchev–Trinajstić information content (AvgIpc) is 2.85. The molecule has 20 heavy (non-hydrogen) atoms. The van der Waals surface area contributed by atoms with Gasteiger partial charge in [0.2, 0.25) is 15.9 Å². The van der Waals surface area contributed by atoms with Crippen LogP contribution in [0.1, 0.15) is 18.4 Å². The second-order valence-corrected chi connectivity index (χ2v) is 6.81. The van der Waals surface area contributed by atoms with Crippen LogP contribution in [-0.4, -0.2) is 37.5 Å². The summed E-state index contributed by atoms with van der Waals surface area (Å²) in [5.41, 5.74) is 0.641. The summed E-state index contributed by atoms with van der Waals surface area (Å²) in [6.45, 7) is 0.557. The average molecular weight is 300 g/mol. The summed E-state index contributed by atoms with van der Waals surface area (Å²) in [5, 5.41) is 2.66. The van der Waals surface area contributed by atoms with Crippen molar-refractivity contribution in [3.8, 4) is 0 Å². The highest BCUT2D eigenvalue weighted by Crippen LogP contribution is 2.20. The van der Waals surface area contributed by atoms with Crippen molar-refractivity contribution in [3.63, 3.8) is 0 Å². The van der Waals surface area contributed by atoms with Gasteiger partial charge in [-0.15, -0.1) is 0 Å². The van der Waals surface area contributed by atoms with Crippen molar-refractivity contribution in [3.05, 3.63) is 35.6 Å². The Morgan fingerprint density at radius 3 is 2.90 bits per heavy atom. The third kappa shape index (κ3) is 3.55. The molecule has 1 aliphatic heterocycles. The SMILES string of the molecule is CS(=O)(=O)N1CCCC1C(=O)NCc1cccc(F)c1. The lowest BCUT2D eigenvalue weighted by Crippen LogP contribution is -2.45. The number of hydrogen-bond acceptors (Lipinski definition) is 3. The van der Waals surface area contributed by atoms with E-state index in [2.05, 4.69) is 5.32 Å². The molecule has 5 nitrogen and oxygen atoms in total. The van der Waals surface area contributed by atoms with Gasteiger partial charge < -0.3 is 5.32 Å². The fraction of sp³-hybridized carbons (Fsp3) is 0.462. The molecule has 1 aromatic carbocycles. The van der Waals surface area contributed by atoms with Gasteiger partial charge in [0.15, 0.2) is 0 Å². The number of amides is 1. The van der Waals surface area contributed by atoms with Crippen LogP contribution in [0.3, 0.4) is 0 Å². The van der Waals surface area contributed by atoms with Crippen LogP contribution in [0.5, 0.6) is 0 Å². The molecule has 1 heterocycles. The van der Waals surface area contributed by atoms with Gasteiger partial charge in [0, 0.05) is 13.1 Å². The highest BCUT2D eigenvalue weighted by Gasteiger charge is 2.36. The summed E-state index contributed by atoms with van der Waals surface area (Å²) in [7, 11) is -3.37. The van der Waals surface area contributed by atoms with Crippen LogP contribution in [0.25, 0.3) is 0 Å². The Hall–Kier alpha value is -1.47. The molecule has 7 heteroatoms. The third-order valence-electron chi connectivity index (χ3n) is 3.29. The van der Waals surface area contributed by atoms with Gasteiger partial charge in [-0.2, -0.15) is 4.31 Å². The summed E-state index contributed by atoms with van der Waals surface area (Å²) in [5.74, 6) is -0.701. The van der Waals surface area contributed by atoms with E-state index in [1.54, 1.807) is 12.1 Å². The second kappa shape index (κ2) is 5.88. The molecule has 0 radical (unpaired) electrons. The Morgan fingerprint density at radius 1 is 1.50 bits per heavy atom. The zero-order valence-electron chi connectivity index (χ0n) is 11.2. The Kier molecular flexibility index (Phi) is 4.39. The summed E-state index contributed by atoms with van der Waals surface area (Å²) >= 11 is 0. The standard InChI is InChI=1S/C13H17FN2O3S/c1-20(18,19)16-7-3-6-12(16)13(17)15-9-10-4-2-5-11(14)8-10/h2,4-5,8,12H,3,6-7,9H2,1H3,(H,15,17). The second-order valence-electron chi connectivity index (χ2n) is 4.88. The first-order valence-electron chi connectivity index (χ1n) is 6.37. The Balaban J connectivity index is 1.98. The quantitative estimate of drug-likeness (QED) is 0.897. The largest absolute Gasteiger partial charge is 0.351 e. The molecule has 1 fully saturated rings. The maximum atomic E-state index is 13.0.